The molecule has 0 aromatic heterocycles. The number of fused-ring (bicyclic) bond motifs is 1. The molecule has 0 fully saturated rings. The Bertz CT molecular complexity index is 506. The van der Waals surface area contributed by atoms with Gasteiger partial charge in [0.05, 0.1) is 0 Å². The van der Waals surface area contributed by atoms with E-state index in [9.17, 15) is 13.5 Å². The van der Waals surface area contributed by atoms with Crippen LogP contribution in [-0.2, 0) is 21.5 Å². The minimum Gasteiger partial charge on any atom is -0.369 e. The Labute approximate surface area is 88.3 Å². The minimum absolute atomic E-state index is 0.0185. The molecule has 0 amide bonds. The largest absolute Gasteiger partial charge is 0.369 e. The van der Waals surface area contributed by atoms with Crippen molar-refractivity contribution in [2.24, 2.45) is 0 Å². The highest BCUT2D eigenvalue weighted by atomic mass is 32.2. The fourth-order valence-electron chi connectivity index (χ4n) is 1.98. The fourth-order valence-corrected chi connectivity index (χ4v) is 2.81. The molecule has 0 saturated heterocycles. The third-order valence-corrected chi connectivity index (χ3v) is 4.12. The maximum Gasteiger partial charge on any atom is 0.299 e. The number of benzene rings is 1. The molecule has 0 bridgehead atoms. The molecule has 0 heterocycles. The van der Waals surface area contributed by atoms with Gasteiger partial charge in [0.15, 0.2) is 0 Å². The highest BCUT2D eigenvalue weighted by molar-refractivity contribution is 7.86. The Kier molecular flexibility index (Phi) is 2.15. The maximum absolute atomic E-state index is 11.1. The van der Waals surface area contributed by atoms with E-state index >= 15 is 0 Å². The summed E-state index contributed by atoms with van der Waals surface area (Å²) in [5.74, 6) is 0. The van der Waals surface area contributed by atoms with Gasteiger partial charge in [-0.05, 0) is 18.9 Å². The molecule has 1 aromatic rings. The van der Waals surface area contributed by atoms with Crippen LogP contribution in [0.25, 0.3) is 0 Å². The van der Waals surface area contributed by atoms with E-state index in [1.165, 1.54) is 0 Å². The van der Waals surface area contributed by atoms with Gasteiger partial charge in [-0.1, -0.05) is 23.8 Å². The van der Waals surface area contributed by atoms with Crippen LogP contribution < -0.4 is 0 Å². The second kappa shape index (κ2) is 3.04. The lowest BCUT2D eigenvalue weighted by Gasteiger charge is -2.20. The predicted octanol–water partition coefficient (Wildman–Crippen LogP) is 0.974. The molecule has 0 radical (unpaired) electrons. The summed E-state index contributed by atoms with van der Waals surface area (Å²) < 4.78 is 31.3. The summed E-state index contributed by atoms with van der Waals surface area (Å²) in [6.07, 6.45) is 0.483. The molecule has 2 rings (SSSR count). The monoisotopic (exact) mass is 228 g/mol. The summed E-state index contributed by atoms with van der Waals surface area (Å²) in [4.78, 5) is -2.12. The van der Waals surface area contributed by atoms with E-state index in [0.717, 1.165) is 11.1 Å². The first-order valence-corrected chi connectivity index (χ1v) is 6.08. The van der Waals surface area contributed by atoms with Crippen LogP contribution in [0, 0.1) is 6.92 Å². The first-order valence-electron chi connectivity index (χ1n) is 4.64. The van der Waals surface area contributed by atoms with Crippen LogP contribution in [0.2, 0.25) is 0 Å². The molecule has 4 nitrogen and oxygen atoms in total. The lowest BCUT2D eigenvalue weighted by atomic mass is 10.1. The molecule has 2 N–H and O–H groups in total. The Morgan fingerprint density at radius 2 is 2.07 bits per heavy atom. The van der Waals surface area contributed by atoms with Crippen LogP contribution >= 0.6 is 0 Å². The fraction of sp³-hybridized carbons (Fsp3) is 0.400. The Hall–Kier alpha value is -0.910. The SMILES string of the molecule is Cc1ccc2c(c1)C(O)(S(=O)(=O)O)CC2. The van der Waals surface area contributed by atoms with Gasteiger partial charge in [0.2, 0.25) is 4.93 Å². The van der Waals surface area contributed by atoms with Crippen molar-refractivity contribution in [1.82, 2.24) is 0 Å². The van der Waals surface area contributed by atoms with E-state index in [0.29, 0.717) is 12.0 Å². The van der Waals surface area contributed by atoms with Gasteiger partial charge in [0, 0.05) is 12.0 Å². The summed E-state index contributed by atoms with van der Waals surface area (Å²) in [5.41, 5.74) is 1.95. The molecule has 1 aliphatic rings. The molecule has 15 heavy (non-hydrogen) atoms. The van der Waals surface area contributed by atoms with Crippen LogP contribution in [0.4, 0.5) is 0 Å². The zero-order valence-electron chi connectivity index (χ0n) is 8.27. The molecule has 1 aromatic carbocycles. The highest BCUT2D eigenvalue weighted by Crippen LogP contribution is 2.40. The van der Waals surface area contributed by atoms with Crippen LogP contribution in [0.3, 0.4) is 0 Å². The predicted molar refractivity (Wildman–Crippen MR) is 54.9 cm³/mol. The van der Waals surface area contributed by atoms with Gasteiger partial charge in [0.25, 0.3) is 10.1 Å². The van der Waals surface area contributed by atoms with Gasteiger partial charge in [-0.2, -0.15) is 8.42 Å². The Balaban J connectivity index is 2.67. The number of hydrogen-bond acceptors (Lipinski definition) is 3. The smallest absolute Gasteiger partial charge is 0.299 e. The molecule has 1 aliphatic carbocycles. The summed E-state index contributed by atoms with van der Waals surface area (Å²) in [5, 5.41) is 9.97. The standard InChI is InChI=1S/C10H12O4S/c1-7-2-3-8-4-5-10(11,9(8)6-7)15(12,13)14/h2-3,6,11H,4-5H2,1H3,(H,12,13,14). The van der Waals surface area contributed by atoms with Gasteiger partial charge in [-0.3, -0.25) is 4.55 Å². The third-order valence-electron chi connectivity index (χ3n) is 2.85. The summed E-state index contributed by atoms with van der Waals surface area (Å²) >= 11 is 0. The number of hydrogen-bond donors (Lipinski definition) is 2. The lowest BCUT2D eigenvalue weighted by Crippen LogP contribution is -2.32. The van der Waals surface area contributed by atoms with E-state index < -0.39 is 15.1 Å². The van der Waals surface area contributed by atoms with Gasteiger partial charge < -0.3 is 5.11 Å². The van der Waals surface area contributed by atoms with Crippen LogP contribution in [0.5, 0.6) is 0 Å². The zero-order chi connectivity index (χ0) is 11.3. The number of aryl methyl sites for hydroxylation is 2. The molecule has 0 saturated carbocycles. The first-order chi connectivity index (χ1) is 6.84. The molecule has 1 unspecified atom stereocenters. The number of rotatable bonds is 1. The van der Waals surface area contributed by atoms with Crippen LogP contribution in [0.15, 0.2) is 18.2 Å². The normalized spacial score (nSPS) is 25.3. The second-order valence-electron chi connectivity index (χ2n) is 3.92. The van der Waals surface area contributed by atoms with E-state index in [2.05, 4.69) is 0 Å². The van der Waals surface area contributed by atoms with Crippen molar-refractivity contribution >= 4 is 10.1 Å². The quantitative estimate of drug-likeness (QED) is 0.702. The van der Waals surface area contributed by atoms with E-state index in [4.69, 9.17) is 4.55 Å². The summed E-state index contributed by atoms with van der Waals surface area (Å²) in [6.45, 7) is 1.81. The molecular weight excluding hydrogens is 216 g/mol. The highest BCUT2D eigenvalue weighted by Gasteiger charge is 2.47. The second-order valence-corrected chi connectivity index (χ2v) is 5.55. The maximum atomic E-state index is 11.1. The van der Waals surface area contributed by atoms with Crippen LogP contribution in [-0.4, -0.2) is 18.1 Å². The van der Waals surface area contributed by atoms with Crippen LogP contribution in [0.1, 0.15) is 23.1 Å². The molecule has 0 spiro atoms. The summed E-state index contributed by atoms with van der Waals surface area (Å²) in [7, 11) is -4.48. The first kappa shape index (κ1) is 10.6. The van der Waals surface area contributed by atoms with Crippen molar-refractivity contribution in [1.29, 1.82) is 0 Å². The van der Waals surface area contributed by atoms with Crippen molar-refractivity contribution in [2.45, 2.75) is 24.7 Å². The summed E-state index contributed by atoms with van der Waals surface area (Å²) in [6, 6.07) is 5.25. The van der Waals surface area contributed by atoms with Crippen molar-refractivity contribution in [3.05, 3.63) is 34.9 Å². The third kappa shape index (κ3) is 1.47. The number of aliphatic hydroxyl groups is 1. The zero-order valence-corrected chi connectivity index (χ0v) is 9.08. The van der Waals surface area contributed by atoms with Gasteiger partial charge in [-0.25, -0.2) is 0 Å². The average Bonchev–Trinajstić information content (AvgIpc) is 2.44. The van der Waals surface area contributed by atoms with E-state index in [-0.39, 0.29) is 6.42 Å². The molecule has 0 aliphatic heterocycles. The van der Waals surface area contributed by atoms with Gasteiger partial charge >= 0.3 is 0 Å². The van der Waals surface area contributed by atoms with E-state index in [1.54, 1.807) is 12.1 Å². The molecule has 82 valence electrons. The van der Waals surface area contributed by atoms with Crippen molar-refractivity contribution in [3.8, 4) is 0 Å². The Morgan fingerprint density at radius 3 is 2.67 bits per heavy atom. The minimum atomic E-state index is -4.48. The van der Waals surface area contributed by atoms with Crippen molar-refractivity contribution in [2.75, 3.05) is 0 Å². The van der Waals surface area contributed by atoms with Crippen molar-refractivity contribution in [3.63, 3.8) is 0 Å². The molecule has 5 heteroatoms. The van der Waals surface area contributed by atoms with E-state index in [1.807, 2.05) is 13.0 Å². The molecular formula is C10H12O4S. The van der Waals surface area contributed by atoms with Gasteiger partial charge in [-0.15, -0.1) is 0 Å². The Morgan fingerprint density at radius 1 is 1.40 bits per heavy atom. The molecule has 1 atom stereocenters. The topological polar surface area (TPSA) is 74.6 Å². The van der Waals surface area contributed by atoms with Crippen molar-refractivity contribution < 1.29 is 18.1 Å². The lowest BCUT2D eigenvalue weighted by molar-refractivity contribution is 0.114. The van der Waals surface area contributed by atoms with Gasteiger partial charge in [0.1, 0.15) is 0 Å². The average molecular weight is 228 g/mol.